The van der Waals surface area contributed by atoms with Crippen LogP contribution < -0.4 is 5.73 Å². The maximum atomic E-state index is 8.46. The van der Waals surface area contributed by atoms with Crippen LogP contribution in [0.5, 0.6) is 0 Å². The molecule has 0 saturated carbocycles. The van der Waals surface area contributed by atoms with Crippen LogP contribution in [0, 0.1) is 11.3 Å². The molecule has 2 N–H and O–H groups in total. The van der Waals surface area contributed by atoms with E-state index in [1.165, 1.54) is 5.56 Å². The summed E-state index contributed by atoms with van der Waals surface area (Å²) >= 11 is 0. The molecule has 0 amide bonds. The zero-order chi connectivity index (χ0) is 11.6. The highest BCUT2D eigenvalue weighted by molar-refractivity contribution is 5.14. The van der Waals surface area contributed by atoms with Crippen molar-refractivity contribution in [1.29, 1.82) is 5.26 Å². The van der Waals surface area contributed by atoms with Crippen LogP contribution in [0.1, 0.15) is 18.4 Å². The molecule has 3 nitrogen and oxygen atoms in total. The minimum absolute atomic E-state index is 0.394. The molecule has 0 aliphatic carbocycles. The lowest BCUT2D eigenvalue weighted by Gasteiger charge is -2.05. The monoisotopic (exact) mass is 218 g/mol. The van der Waals surface area contributed by atoms with Crippen molar-refractivity contribution < 1.29 is 4.74 Å². The van der Waals surface area contributed by atoms with Gasteiger partial charge in [0.2, 0.25) is 0 Å². The minimum atomic E-state index is -0.394. The fourth-order valence-corrected chi connectivity index (χ4v) is 1.40. The molecule has 0 bridgehead atoms. The van der Waals surface area contributed by atoms with Crippen LogP contribution in [0.15, 0.2) is 30.3 Å². The molecule has 0 heterocycles. The van der Waals surface area contributed by atoms with Gasteiger partial charge in [0.15, 0.2) is 0 Å². The van der Waals surface area contributed by atoms with E-state index in [4.69, 9.17) is 15.7 Å². The molecule has 0 spiro atoms. The molecule has 0 radical (unpaired) electrons. The van der Waals surface area contributed by atoms with Gasteiger partial charge in [-0.2, -0.15) is 5.26 Å². The predicted molar refractivity (Wildman–Crippen MR) is 63.8 cm³/mol. The zero-order valence-corrected chi connectivity index (χ0v) is 9.43. The van der Waals surface area contributed by atoms with Crippen molar-refractivity contribution in [2.75, 3.05) is 13.2 Å². The van der Waals surface area contributed by atoms with Crippen molar-refractivity contribution in [3.8, 4) is 6.07 Å². The third-order valence-corrected chi connectivity index (χ3v) is 2.34. The molecule has 1 aromatic rings. The van der Waals surface area contributed by atoms with Gasteiger partial charge in [0.25, 0.3) is 0 Å². The minimum Gasteiger partial charge on any atom is -0.381 e. The van der Waals surface area contributed by atoms with Gasteiger partial charge >= 0.3 is 0 Å². The van der Waals surface area contributed by atoms with Crippen LogP contribution >= 0.6 is 0 Å². The van der Waals surface area contributed by atoms with E-state index < -0.39 is 6.04 Å². The Hall–Kier alpha value is -1.37. The molecule has 0 aliphatic heterocycles. The van der Waals surface area contributed by atoms with Crippen molar-refractivity contribution in [3.63, 3.8) is 0 Å². The van der Waals surface area contributed by atoms with Gasteiger partial charge in [-0.3, -0.25) is 0 Å². The van der Waals surface area contributed by atoms with Gasteiger partial charge in [0, 0.05) is 13.2 Å². The van der Waals surface area contributed by atoms with Crippen LogP contribution in [0.25, 0.3) is 0 Å². The second-order valence-electron chi connectivity index (χ2n) is 3.73. The van der Waals surface area contributed by atoms with E-state index in [1.807, 2.05) is 24.3 Å². The molecule has 0 aliphatic rings. The molecule has 86 valence electrons. The lowest BCUT2D eigenvalue weighted by atomic mass is 10.1. The second-order valence-corrected chi connectivity index (χ2v) is 3.73. The maximum absolute atomic E-state index is 8.46. The van der Waals surface area contributed by atoms with E-state index >= 15 is 0 Å². The number of rotatable bonds is 7. The number of nitriles is 1. The van der Waals surface area contributed by atoms with Crippen LogP contribution in [-0.4, -0.2) is 19.3 Å². The largest absolute Gasteiger partial charge is 0.381 e. The summed E-state index contributed by atoms with van der Waals surface area (Å²) in [5.41, 5.74) is 6.77. The highest BCUT2D eigenvalue weighted by atomic mass is 16.5. The highest BCUT2D eigenvalue weighted by Crippen LogP contribution is 2.02. The summed E-state index contributed by atoms with van der Waals surface area (Å²) in [5.74, 6) is 0. The third-order valence-electron chi connectivity index (χ3n) is 2.34. The standard InChI is InChI=1S/C13H18N2O/c14-11-13(15)8-10-16-9-4-7-12-5-2-1-3-6-12/h1-3,5-6,13H,4,7-10,15H2. The number of aryl methyl sites for hydroxylation is 1. The van der Waals surface area contributed by atoms with Crippen LogP contribution in [0.2, 0.25) is 0 Å². The summed E-state index contributed by atoms with van der Waals surface area (Å²) < 4.78 is 5.40. The lowest BCUT2D eigenvalue weighted by Crippen LogP contribution is -2.19. The van der Waals surface area contributed by atoms with Gasteiger partial charge in [-0.15, -0.1) is 0 Å². The molecule has 16 heavy (non-hydrogen) atoms. The van der Waals surface area contributed by atoms with E-state index in [0.29, 0.717) is 13.0 Å². The number of benzene rings is 1. The summed E-state index contributed by atoms with van der Waals surface area (Å²) in [5, 5.41) is 8.46. The molecule has 0 aromatic heterocycles. The van der Waals surface area contributed by atoms with Gasteiger partial charge in [-0.25, -0.2) is 0 Å². The Morgan fingerprint density at radius 1 is 1.25 bits per heavy atom. The van der Waals surface area contributed by atoms with E-state index in [2.05, 4.69) is 12.1 Å². The van der Waals surface area contributed by atoms with E-state index in [-0.39, 0.29) is 0 Å². The lowest BCUT2D eigenvalue weighted by molar-refractivity contribution is 0.128. The Kier molecular flexibility index (Phi) is 6.24. The second kappa shape index (κ2) is 7.86. The number of nitrogens with two attached hydrogens (primary N) is 1. The molecule has 0 fully saturated rings. The van der Waals surface area contributed by atoms with Crippen molar-refractivity contribution in [1.82, 2.24) is 0 Å². The van der Waals surface area contributed by atoms with Crippen molar-refractivity contribution in [3.05, 3.63) is 35.9 Å². The van der Waals surface area contributed by atoms with Crippen LogP contribution in [0.3, 0.4) is 0 Å². The van der Waals surface area contributed by atoms with Gasteiger partial charge in [-0.05, 0) is 24.8 Å². The van der Waals surface area contributed by atoms with Crippen LogP contribution in [0.4, 0.5) is 0 Å². The number of hydrogen-bond donors (Lipinski definition) is 1. The molecule has 0 saturated heterocycles. The average Bonchev–Trinajstić information content (AvgIpc) is 2.34. The van der Waals surface area contributed by atoms with Crippen molar-refractivity contribution in [2.24, 2.45) is 5.73 Å². The molecule has 1 rings (SSSR count). The number of hydrogen-bond acceptors (Lipinski definition) is 3. The maximum Gasteiger partial charge on any atom is 0.0950 e. The van der Waals surface area contributed by atoms with Gasteiger partial charge < -0.3 is 10.5 Å². The molecular weight excluding hydrogens is 200 g/mol. The molecular formula is C13H18N2O. The summed E-state index contributed by atoms with van der Waals surface area (Å²) in [7, 11) is 0. The Balaban J connectivity index is 1.99. The van der Waals surface area contributed by atoms with Crippen molar-refractivity contribution >= 4 is 0 Å². The number of ether oxygens (including phenoxy) is 1. The first-order valence-corrected chi connectivity index (χ1v) is 5.60. The first-order chi connectivity index (χ1) is 7.83. The van der Waals surface area contributed by atoms with Crippen LogP contribution in [-0.2, 0) is 11.2 Å². The highest BCUT2D eigenvalue weighted by Gasteiger charge is 1.98. The summed E-state index contributed by atoms with van der Waals surface area (Å²) in [6.07, 6.45) is 2.65. The Morgan fingerprint density at radius 2 is 2.00 bits per heavy atom. The molecule has 1 aromatic carbocycles. The van der Waals surface area contributed by atoms with Gasteiger partial charge in [0.1, 0.15) is 0 Å². The summed E-state index contributed by atoms with van der Waals surface area (Å²) in [6.45, 7) is 1.30. The normalized spacial score (nSPS) is 12.0. The molecule has 1 atom stereocenters. The van der Waals surface area contributed by atoms with Gasteiger partial charge in [-0.1, -0.05) is 30.3 Å². The zero-order valence-electron chi connectivity index (χ0n) is 9.43. The third kappa shape index (κ3) is 5.50. The van der Waals surface area contributed by atoms with E-state index in [0.717, 1.165) is 19.4 Å². The quantitative estimate of drug-likeness (QED) is 0.711. The Bertz CT molecular complexity index is 318. The fourth-order valence-electron chi connectivity index (χ4n) is 1.40. The predicted octanol–water partition coefficient (Wildman–Crippen LogP) is 1.88. The first-order valence-electron chi connectivity index (χ1n) is 5.60. The summed E-state index contributed by atoms with van der Waals surface area (Å²) in [6, 6.07) is 11.9. The van der Waals surface area contributed by atoms with Gasteiger partial charge in [0.05, 0.1) is 12.1 Å². The number of nitrogens with zero attached hydrogens (tertiary/aromatic N) is 1. The van der Waals surface area contributed by atoms with Crippen molar-refractivity contribution in [2.45, 2.75) is 25.3 Å². The smallest absolute Gasteiger partial charge is 0.0950 e. The molecule has 1 unspecified atom stereocenters. The first kappa shape index (κ1) is 12.7. The SMILES string of the molecule is N#CC(N)CCOCCCc1ccccc1. The van der Waals surface area contributed by atoms with E-state index in [9.17, 15) is 0 Å². The fraction of sp³-hybridized carbons (Fsp3) is 0.462. The average molecular weight is 218 g/mol. The van der Waals surface area contributed by atoms with E-state index in [1.54, 1.807) is 0 Å². The Morgan fingerprint density at radius 3 is 2.69 bits per heavy atom. The Labute approximate surface area is 96.8 Å². The topological polar surface area (TPSA) is 59.0 Å². The summed E-state index contributed by atoms with van der Waals surface area (Å²) in [4.78, 5) is 0. The molecule has 3 heteroatoms.